The smallest absolute Gasteiger partial charge is 0.247 e. The molecule has 1 aliphatic heterocycles. The molecule has 0 saturated carbocycles. The van der Waals surface area contributed by atoms with Gasteiger partial charge in [-0.3, -0.25) is 9.59 Å². The van der Waals surface area contributed by atoms with Crippen LogP contribution in [0.25, 0.3) is 11.5 Å². The Kier molecular flexibility index (Phi) is 4.65. The maximum atomic E-state index is 12.3. The van der Waals surface area contributed by atoms with Crippen LogP contribution in [0, 0.1) is 0 Å². The van der Waals surface area contributed by atoms with Crippen LogP contribution in [0.3, 0.4) is 0 Å². The minimum Gasteiger partial charge on any atom is -0.423 e. The van der Waals surface area contributed by atoms with E-state index >= 15 is 0 Å². The van der Waals surface area contributed by atoms with Gasteiger partial charge in [-0.1, -0.05) is 18.2 Å². The Morgan fingerprint density at radius 3 is 2.74 bits per heavy atom. The molecule has 1 aliphatic rings. The lowest BCUT2D eigenvalue weighted by Gasteiger charge is -2.15. The fourth-order valence-corrected chi connectivity index (χ4v) is 3.13. The SMILES string of the molecule is O=C(Cc1ccc(N2CCCC2=O)cc1)Nc1cccc(-c2nnco2)c1. The van der Waals surface area contributed by atoms with E-state index in [4.69, 9.17) is 4.42 Å². The van der Waals surface area contributed by atoms with Gasteiger partial charge < -0.3 is 14.6 Å². The number of anilines is 2. The number of aromatic nitrogens is 2. The minimum atomic E-state index is -0.123. The molecular formula is C20H18N4O3. The van der Waals surface area contributed by atoms with Gasteiger partial charge in [0.15, 0.2) is 0 Å². The first-order valence-electron chi connectivity index (χ1n) is 8.75. The molecule has 4 rings (SSSR count). The number of hydrogen-bond donors (Lipinski definition) is 1. The van der Waals surface area contributed by atoms with Gasteiger partial charge in [0.05, 0.1) is 6.42 Å². The van der Waals surface area contributed by atoms with Crippen molar-refractivity contribution in [1.29, 1.82) is 0 Å². The molecule has 27 heavy (non-hydrogen) atoms. The van der Waals surface area contributed by atoms with Crippen LogP contribution in [0.4, 0.5) is 11.4 Å². The fourth-order valence-electron chi connectivity index (χ4n) is 3.13. The lowest BCUT2D eigenvalue weighted by molar-refractivity contribution is -0.117. The molecule has 1 fully saturated rings. The topological polar surface area (TPSA) is 88.3 Å². The van der Waals surface area contributed by atoms with Crippen LogP contribution < -0.4 is 10.2 Å². The summed E-state index contributed by atoms with van der Waals surface area (Å²) in [5.74, 6) is 0.433. The molecule has 1 N–H and O–H groups in total. The highest BCUT2D eigenvalue weighted by Crippen LogP contribution is 2.23. The molecule has 7 nitrogen and oxygen atoms in total. The van der Waals surface area contributed by atoms with E-state index in [0.29, 0.717) is 18.0 Å². The normalized spacial score (nSPS) is 13.8. The first kappa shape index (κ1) is 17.0. The van der Waals surface area contributed by atoms with Crippen molar-refractivity contribution in [2.75, 3.05) is 16.8 Å². The minimum absolute atomic E-state index is 0.123. The molecule has 0 spiro atoms. The number of carbonyl (C=O) groups is 2. The van der Waals surface area contributed by atoms with Crippen LogP contribution in [-0.4, -0.2) is 28.6 Å². The molecule has 2 heterocycles. The molecule has 0 aliphatic carbocycles. The van der Waals surface area contributed by atoms with E-state index in [1.54, 1.807) is 17.0 Å². The van der Waals surface area contributed by atoms with Crippen LogP contribution >= 0.6 is 0 Å². The lowest BCUT2D eigenvalue weighted by atomic mass is 10.1. The number of benzene rings is 2. The lowest BCUT2D eigenvalue weighted by Crippen LogP contribution is -2.23. The zero-order chi connectivity index (χ0) is 18.6. The second-order valence-electron chi connectivity index (χ2n) is 6.37. The third kappa shape index (κ3) is 3.87. The van der Waals surface area contributed by atoms with E-state index in [1.165, 1.54) is 6.39 Å². The number of rotatable bonds is 5. The van der Waals surface area contributed by atoms with Crippen LogP contribution in [0.5, 0.6) is 0 Å². The van der Waals surface area contributed by atoms with E-state index in [0.717, 1.165) is 29.8 Å². The van der Waals surface area contributed by atoms with Gasteiger partial charge in [-0.25, -0.2) is 0 Å². The molecule has 0 bridgehead atoms. The molecular weight excluding hydrogens is 344 g/mol. The van der Waals surface area contributed by atoms with E-state index in [2.05, 4.69) is 15.5 Å². The van der Waals surface area contributed by atoms with E-state index in [9.17, 15) is 9.59 Å². The number of nitrogens with zero attached hydrogens (tertiary/aromatic N) is 3. The Balaban J connectivity index is 1.39. The number of nitrogens with one attached hydrogen (secondary N) is 1. The van der Waals surface area contributed by atoms with Gasteiger partial charge in [-0.15, -0.1) is 10.2 Å². The number of hydrogen-bond acceptors (Lipinski definition) is 5. The van der Waals surface area contributed by atoms with Gasteiger partial charge >= 0.3 is 0 Å². The first-order chi connectivity index (χ1) is 13.2. The van der Waals surface area contributed by atoms with E-state index in [-0.39, 0.29) is 18.2 Å². The van der Waals surface area contributed by atoms with Crippen molar-refractivity contribution < 1.29 is 14.0 Å². The van der Waals surface area contributed by atoms with Crippen molar-refractivity contribution in [2.24, 2.45) is 0 Å². The molecule has 2 amide bonds. The molecule has 1 aromatic heterocycles. The van der Waals surface area contributed by atoms with E-state index < -0.39 is 0 Å². The Labute approximate surface area is 156 Å². The monoisotopic (exact) mass is 362 g/mol. The first-order valence-corrected chi connectivity index (χ1v) is 8.75. The zero-order valence-corrected chi connectivity index (χ0v) is 14.6. The molecule has 136 valence electrons. The van der Waals surface area contributed by atoms with Gasteiger partial charge in [0.1, 0.15) is 0 Å². The Morgan fingerprint density at radius 1 is 1.19 bits per heavy atom. The van der Waals surface area contributed by atoms with E-state index in [1.807, 2.05) is 36.4 Å². The molecule has 0 unspecified atom stereocenters. The highest BCUT2D eigenvalue weighted by Gasteiger charge is 2.21. The Bertz CT molecular complexity index is 952. The van der Waals surface area contributed by atoms with Gasteiger partial charge in [0.2, 0.25) is 24.1 Å². The molecule has 7 heteroatoms. The summed E-state index contributed by atoms with van der Waals surface area (Å²) >= 11 is 0. The number of amides is 2. The van der Waals surface area contributed by atoms with Gasteiger partial charge in [0, 0.05) is 29.9 Å². The summed E-state index contributed by atoms with van der Waals surface area (Å²) in [6.45, 7) is 0.759. The Morgan fingerprint density at radius 2 is 2.04 bits per heavy atom. The average Bonchev–Trinajstić information content (AvgIpc) is 3.34. The zero-order valence-electron chi connectivity index (χ0n) is 14.6. The maximum Gasteiger partial charge on any atom is 0.247 e. The van der Waals surface area contributed by atoms with Gasteiger partial charge in [-0.2, -0.15) is 0 Å². The predicted molar refractivity (Wildman–Crippen MR) is 100 cm³/mol. The maximum absolute atomic E-state index is 12.3. The van der Waals surface area contributed by atoms with Crippen LogP contribution in [-0.2, 0) is 16.0 Å². The summed E-state index contributed by atoms with van der Waals surface area (Å²) in [5, 5.41) is 10.4. The highest BCUT2D eigenvalue weighted by atomic mass is 16.4. The van der Waals surface area contributed by atoms with Crippen LogP contribution in [0.2, 0.25) is 0 Å². The Hall–Kier alpha value is -3.48. The summed E-state index contributed by atoms with van der Waals surface area (Å²) in [4.78, 5) is 25.9. The number of carbonyl (C=O) groups excluding carboxylic acids is 2. The average molecular weight is 362 g/mol. The van der Waals surface area contributed by atoms with Gasteiger partial charge in [-0.05, 0) is 42.3 Å². The molecule has 0 radical (unpaired) electrons. The summed E-state index contributed by atoms with van der Waals surface area (Å²) < 4.78 is 5.17. The summed E-state index contributed by atoms with van der Waals surface area (Å²) in [6.07, 6.45) is 3.01. The third-order valence-corrected chi connectivity index (χ3v) is 4.44. The van der Waals surface area contributed by atoms with Gasteiger partial charge in [0.25, 0.3) is 0 Å². The second kappa shape index (κ2) is 7.41. The van der Waals surface area contributed by atoms with Crippen molar-refractivity contribution in [3.63, 3.8) is 0 Å². The van der Waals surface area contributed by atoms with Crippen LogP contribution in [0.1, 0.15) is 18.4 Å². The van der Waals surface area contributed by atoms with Crippen molar-refractivity contribution in [1.82, 2.24) is 10.2 Å². The molecule has 0 atom stereocenters. The third-order valence-electron chi connectivity index (χ3n) is 4.44. The molecule has 2 aromatic carbocycles. The fraction of sp³-hybridized carbons (Fsp3) is 0.200. The van der Waals surface area contributed by atoms with Crippen molar-refractivity contribution in [2.45, 2.75) is 19.3 Å². The van der Waals surface area contributed by atoms with Crippen molar-refractivity contribution in [3.8, 4) is 11.5 Å². The molecule has 3 aromatic rings. The molecule has 1 saturated heterocycles. The standard InChI is InChI=1S/C20H18N4O3/c25-18(22-16-4-1-3-15(12-16)20-23-21-13-27-20)11-14-6-8-17(9-7-14)24-10-2-5-19(24)26/h1,3-4,6-9,12-13H,2,5,10-11H2,(H,22,25). The van der Waals surface area contributed by atoms with Crippen LogP contribution in [0.15, 0.2) is 59.3 Å². The highest BCUT2D eigenvalue weighted by molar-refractivity contribution is 5.95. The quantitative estimate of drug-likeness (QED) is 0.754. The van der Waals surface area contributed by atoms with Crippen molar-refractivity contribution in [3.05, 3.63) is 60.5 Å². The second-order valence-corrected chi connectivity index (χ2v) is 6.37. The summed E-state index contributed by atoms with van der Waals surface area (Å²) in [6, 6.07) is 14.8. The van der Waals surface area contributed by atoms with Crippen molar-refractivity contribution >= 4 is 23.2 Å². The largest absolute Gasteiger partial charge is 0.423 e. The predicted octanol–water partition coefficient (Wildman–Crippen LogP) is 3.04. The summed E-state index contributed by atoms with van der Waals surface area (Å²) in [5.41, 5.74) is 3.17. The summed E-state index contributed by atoms with van der Waals surface area (Å²) in [7, 11) is 0.